The van der Waals surface area contributed by atoms with Crippen LogP contribution in [0.15, 0.2) is 248 Å². The van der Waals surface area contributed by atoms with Crippen molar-refractivity contribution in [3.63, 3.8) is 0 Å². The van der Waals surface area contributed by atoms with Crippen molar-refractivity contribution < 1.29 is 0 Å². The smallest absolute Gasteiger partial charge is 0.138 e. The van der Waals surface area contributed by atoms with Gasteiger partial charge in [0.15, 0.2) is 0 Å². The Balaban J connectivity index is 0.000000373. The predicted molar refractivity (Wildman–Crippen MR) is 346 cm³/mol. The van der Waals surface area contributed by atoms with E-state index in [4.69, 9.17) is 15.0 Å². The number of aromatic nitrogens is 4. The summed E-state index contributed by atoms with van der Waals surface area (Å²) in [5.74, 6) is 0.860. The average molecular weight is 1050 g/mol. The van der Waals surface area contributed by atoms with E-state index in [-0.39, 0.29) is 0 Å². The Labute approximate surface area is 470 Å². The topological polar surface area (TPSA) is 63.6 Å². The molecule has 0 bridgehead atoms. The number of thiophene rings is 1. The lowest BCUT2D eigenvalue weighted by molar-refractivity contribution is 0.411. The summed E-state index contributed by atoms with van der Waals surface area (Å²) < 4.78 is 7.23. The number of benzene rings is 6. The van der Waals surface area contributed by atoms with Gasteiger partial charge in [0.25, 0.3) is 0 Å². The second-order valence-electron chi connectivity index (χ2n) is 18.4. The third kappa shape index (κ3) is 13.0. The predicted octanol–water partition coefficient (Wildman–Crippen LogP) is 19.2. The van der Waals surface area contributed by atoms with E-state index >= 15 is 0 Å². The Morgan fingerprint density at radius 1 is 0.646 bits per heavy atom. The standard InChI is InChI=1S/C52H39N7S.C7H8.2C5H8.C2H6/c1-53-32-56-52(34-12-5-3-6-13-34)57(2)33-58-45-16-8-4-7-14-40(45)42-27-35(19-22-46(42)58)37-26-38(31-54-30-37)36-20-23-48-43(28-36)41-15-9-10-17-47(41)59(48)39-21-24-49-44(29-39)51-50(60-49)18-11-25-55-51;1-7-5-3-2-4-6-7;2*1-3-5-4-2;1-2/h3,5-32H,4,33H2,1-2H3;2-6H,1H3;2*3-5H,1H2,2H3;1-2H3/b;;2*5-4-;. The number of hydrogen-bond acceptors (Lipinski definition) is 4. The Morgan fingerprint density at radius 2 is 1.29 bits per heavy atom. The lowest BCUT2D eigenvalue weighted by Crippen LogP contribution is -2.30. The van der Waals surface area contributed by atoms with E-state index < -0.39 is 0 Å². The van der Waals surface area contributed by atoms with Gasteiger partial charge < -0.3 is 14.0 Å². The van der Waals surface area contributed by atoms with Crippen molar-refractivity contribution in [2.45, 2.75) is 47.7 Å². The van der Waals surface area contributed by atoms with Crippen LogP contribution in [0.4, 0.5) is 0 Å². The van der Waals surface area contributed by atoms with Crippen molar-refractivity contribution in [3.8, 4) is 27.9 Å². The number of rotatable bonds is 9. The van der Waals surface area contributed by atoms with Crippen LogP contribution in [0.3, 0.4) is 0 Å². The summed E-state index contributed by atoms with van der Waals surface area (Å²) in [6.45, 7) is 17.5. The maximum absolute atomic E-state index is 4.81. The molecule has 79 heavy (non-hydrogen) atoms. The third-order valence-electron chi connectivity index (χ3n) is 13.2. The molecule has 0 amide bonds. The number of pyridine rings is 2. The molecular formula is C71H69N7S. The molecule has 11 aromatic rings. The minimum atomic E-state index is 0.612. The Bertz CT molecular complexity index is 4010. The molecule has 0 aliphatic heterocycles. The van der Waals surface area contributed by atoms with Gasteiger partial charge in [-0.05, 0) is 111 Å². The van der Waals surface area contributed by atoms with Gasteiger partial charge in [0.05, 0.1) is 39.1 Å². The van der Waals surface area contributed by atoms with Crippen molar-refractivity contribution in [2.24, 2.45) is 9.98 Å². The number of hydrogen-bond donors (Lipinski definition) is 0. The van der Waals surface area contributed by atoms with Gasteiger partial charge in [-0.3, -0.25) is 15.0 Å². The minimum absolute atomic E-state index is 0.612. The third-order valence-corrected chi connectivity index (χ3v) is 14.3. The van der Waals surface area contributed by atoms with Gasteiger partial charge in [-0.1, -0.05) is 178 Å². The van der Waals surface area contributed by atoms with Gasteiger partial charge in [0.2, 0.25) is 0 Å². The van der Waals surface area contributed by atoms with Crippen LogP contribution >= 0.6 is 11.3 Å². The maximum Gasteiger partial charge on any atom is 0.138 e. The zero-order valence-electron chi connectivity index (χ0n) is 46.5. The molecule has 5 aromatic heterocycles. The summed E-state index contributed by atoms with van der Waals surface area (Å²) in [6, 6.07) is 56.1. The summed E-state index contributed by atoms with van der Waals surface area (Å²) >= 11 is 1.79. The fourth-order valence-corrected chi connectivity index (χ4v) is 10.7. The molecule has 6 aromatic carbocycles. The number of fused-ring (bicyclic) bond motifs is 9. The van der Waals surface area contributed by atoms with Crippen molar-refractivity contribution >= 4 is 88.7 Å². The number of amidine groups is 1. The lowest BCUT2D eigenvalue weighted by Gasteiger charge is -2.23. The summed E-state index contributed by atoms with van der Waals surface area (Å²) in [7, 11) is 3.84. The number of nitrogens with zero attached hydrogens (tertiary/aromatic N) is 7. The maximum atomic E-state index is 4.81. The van der Waals surface area contributed by atoms with Crippen LogP contribution in [0.1, 0.15) is 56.5 Å². The lowest BCUT2D eigenvalue weighted by atomic mass is 9.99. The zero-order valence-corrected chi connectivity index (χ0v) is 47.3. The monoisotopic (exact) mass is 1050 g/mol. The highest BCUT2D eigenvalue weighted by molar-refractivity contribution is 7.25. The van der Waals surface area contributed by atoms with Gasteiger partial charge in [0.1, 0.15) is 12.2 Å². The van der Waals surface area contributed by atoms with Crippen LogP contribution in [-0.2, 0) is 6.67 Å². The molecule has 0 radical (unpaired) electrons. The molecule has 0 fully saturated rings. The molecule has 0 saturated heterocycles. The van der Waals surface area contributed by atoms with E-state index in [0.29, 0.717) is 6.67 Å². The fraction of sp³-hybridized carbons (Fsp3) is 0.127. The molecule has 0 unspecified atom stereocenters. The molecule has 0 atom stereocenters. The van der Waals surface area contributed by atoms with Crippen molar-refractivity contribution in [3.05, 3.63) is 260 Å². The van der Waals surface area contributed by atoms with Crippen molar-refractivity contribution in [1.29, 1.82) is 0 Å². The second kappa shape index (κ2) is 27.7. The normalized spacial score (nSPS) is 11.9. The molecule has 0 saturated carbocycles. The zero-order chi connectivity index (χ0) is 55.5. The van der Waals surface area contributed by atoms with Crippen LogP contribution < -0.4 is 0 Å². The molecular weight excluding hydrogens is 983 g/mol. The first-order valence-electron chi connectivity index (χ1n) is 26.9. The van der Waals surface area contributed by atoms with E-state index in [1.165, 1.54) is 58.8 Å². The fourth-order valence-electron chi connectivity index (χ4n) is 9.62. The molecule has 1 aliphatic carbocycles. The van der Waals surface area contributed by atoms with E-state index in [0.717, 1.165) is 56.8 Å². The number of aliphatic imine (C=N–C) groups is 2. The first kappa shape index (κ1) is 56.0. The molecule has 7 nitrogen and oxygen atoms in total. The highest BCUT2D eigenvalue weighted by Gasteiger charge is 2.20. The van der Waals surface area contributed by atoms with E-state index in [2.05, 4.69) is 186 Å². The van der Waals surface area contributed by atoms with E-state index in [9.17, 15) is 0 Å². The van der Waals surface area contributed by atoms with Gasteiger partial charge in [-0.2, -0.15) is 0 Å². The molecule has 12 rings (SSSR count). The molecule has 1 aliphatic rings. The van der Waals surface area contributed by atoms with E-state index in [1.807, 2.05) is 113 Å². The summed E-state index contributed by atoms with van der Waals surface area (Å²) in [6.07, 6.45) is 28.5. The molecule has 0 N–H and O–H groups in total. The van der Waals surface area contributed by atoms with Crippen molar-refractivity contribution in [1.82, 2.24) is 24.0 Å². The molecule has 0 spiro atoms. The molecule has 8 heteroatoms. The number of para-hydroxylation sites is 1. The quantitative estimate of drug-likeness (QED) is 0.0822. The molecule has 5 heterocycles. The van der Waals surface area contributed by atoms with Crippen LogP contribution in [-0.4, -0.2) is 50.3 Å². The highest BCUT2D eigenvalue weighted by atomic mass is 32.1. The first-order chi connectivity index (χ1) is 38.8. The van der Waals surface area contributed by atoms with Gasteiger partial charge in [-0.15, -0.1) is 11.3 Å². The summed E-state index contributed by atoms with van der Waals surface area (Å²) in [4.78, 5) is 20.6. The van der Waals surface area contributed by atoms with Gasteiger partial charge >= 0.3 is 0 Å². The minimum Gasteiger partial charge on any atom is -0.341 e. The Kier molecular flexibility index (Phi) is 19.6. The van der Waals surface area contributed by atoms with Gasteiger partial charge in [0, 0.05) is 86.9 Å². The van der Waals surface area contributed by atoms with Gasteiger partial charge in [-0.25, -0.2) is 4.99 Å². The second-order valence-corrected chi connectivity index (χ2v) is 19.5. The molecule has 394 valence electrons. The van der Waals surface area contributed by atoms with Crippen LogP contribution in [0.25, 0.3) is 93.1 Å². The van der Waals surface area contributed by atoms with Crippen LogP contribution in [0.2, 0.25) is 0 Å². The van der Waals surface area contributed by atoms with E-state index in [1.54, 1.807) is 36.9 Å². The average Bonchev–Trinajstić information content (AvgIpc) is 4.19. The summed E-state index contributed by atoms with van der Waals surface area (Å²) in [5, 5.41) is 4.82. The number of allylic oxidation sites excluding steroid dienone is 8. The first-order valence-corrected chi connectivity index (χ1v) is 27.7. The van der Waals surface area contributed by atoms with Crippen LogP contribution in [0.5, 0.6) is 0 Å². The van der Waals surface area contributed by atoms with Crippen molar-refractivity contribution in [2.75, 3.05) is 14.1 Å². The van der Waals surface area contributed by atoms with Crippen LogP contribution in [0, 0.1) is 6.92 Å². The largest absolute Gasteiger partial charge is 0.341 e. The summed E-state index contributed by atoms with van der Waals surface area (Å²) in [5.41, 5.74) is 14.9. The SMILES string of the molecule is C=C/C=C\C.C=C/C=C\C.CC.CN=CN=C(c1ccccc1)N(C)Cn1c2c(c3cc(-c4cncc(-c5ccc6c(c5)c5ccccc5n6-c5ccc6sc7cccnc7c6c5)c4)ccc31)C=CCC=C2.Cc1ccccc1. The number of aryl methyl sites for hydroxylation is 1. The Morgan fingerprint density at radius 3 is 1.95 bits per heavy atom. The Hall–Kier alpha value is -9.24. The highest BCUT2D eigenvalue weighted by Crippen LogP contribution is 2.40.